The summed E-state index contributed by atoms with van der Waals surface area (Å²) < 4.78 is 7.48. The molecule has 2 rings (SSSR count). The van der Waals surface area contributed by atoms with Crippen LogP contribution >= 0.6 is 38.5 Å². The molecule has 64 valence electrons. The minimum Gasteiger partial charge on any atom is -0.474 e. The van der Waals surface area contributed by atoms with E-state index in [9.17, 15) is 0 Å². The van der Waals surface area contributed by atoms with Gasteiger partial charge in [0.25, 0.3) is 0 Å². The quantitative estimate of drug-likeness (QED) is 0.736. The van der Waals surface area contributed by atoms with Gasteiger partial charge in [-0.15, -0.1) is 0 Å². The van der Waals surface area contributed by atoms with Gasteiger partial charge in [0.05, 0.1) is 8.04 Å². The molecule has 0 amide bonds. The van der Waals surface area contributed by atoms with Crippen LogP contribution in [-0.4, -0.2) is 18.1 Å². The minimum absolute atomic E-state index is 0.692. The lowest BCUT2D eigenvalue weighted by Crippen LogP contribution is -2.19. The van der Waals surface area contributed by atoms with Gasteiger partial charge in [0.15, 0.2) is 0 Å². The van der Waals surface area contributed by atoms with Crippen molar-refractivity contribution in [1.82, 2.24) is 4.98 Å². The molecule has 0 radical (unpaired) electrons. The molecule has 5 heteroatoms. The molecule has 0 aromatic carbocycles. The van der Waals surface area contributed by atoms with Crippen LogP contribution in [0.5, 0.6) is 5.88 Å². The molecule has 0 spiro atoms. The minimum atomic E-state index is 0.692. The predicted molar refractivity (Wildman–Crippen MR) is 58.6 cm³/mol. The molecule has 0 bridgehead atoms. The molecule has 0 aliphatic carbocycles. The molecule has 0 fully saturated rings. The number of rotatable bonds is 0. The highest BCUT2D eigenvalue weighted by Crippen LogP contribution is 2.34. The van der Waals surface area contributed by atoms with Crippen LogP contribution in [0.1, 0.15) is 0 Å². The van der Waals surface area contributed by atoms with E-state index in [2.05, 4.69) is 48.8 Å². The predicted octanol–water partition coefficient (Wildman–Crippen LogP) is 2.25. The van der Waals surface area contributed by atoms with Crippen LogP contribution in [0.15, 0.2) is 10.7 Å². The summed E-state index contributed by atoms with van der Waals surface area (Å²) in [7, 11) is 0. The third kappa shape index (κ3) is 1.39. The smallest absolute Gasteiger partial charge is 0.238 e. The summed E-state index contributed by atoms with van der Waals surface area (Å²) in [6, 6.07) is 0. The SMILES string of the molecule is Brc1cnc2c(c1I)NCCO2. The molecule has 0 unspecified atom stereocenters. The monoisotopic (exact) mass is 340 g/mol. The molecule has 0 saturated heterocycles. The topological polar surface area (TPSA) is 34.2 Å². The summed E-state index contributed by atoms with van der Waals surface area (Å²) >= 11 is 5.67. The maximum Gasteiger partial charge on any atom is 0.238 e. The Balaban J connectivity index is 2.54. The molecule has 1 N–H and O–H groups in total. The number of hydrogen-bond donors (Lipinski definition) is 1. The van der Waals surface area contributed by atoms with Gasteiger partial charge in [-0.3, -0.25) is 0 Å². The maximum absolute atomic E-state index is 5.36. The first-order chi connectivity index (χ1) is 5.79. The van der Waals surface area contributed by atoms with Crippen LogP contribution in [0.3, 0.4) is 0 Å². The summed E-state index contributed by atoms with van der Waals surface area (Å²) in [5.41, 5.74) is 0.997. The van der Waals surface area contributed by atoms with Gasteiger partial charge < -0.3 is 10.1 Å². The number of fused-ring (bicyclic) bond motifs is 1. The average Bonchev–Trinajstić information content (AvgIpc) is 2.12. The second kappa shape index (κ2) is 3.37. The van der Waals surface area contributed by atoms with E-state index in [0.29, 0.717) is 12.5 Å². The van der Waals surface area contributed by atoms with Crippen molar-refractivity contribution in [2.24, 2.45) is 0 Å². The molecule has 3 nitrogen and oxygen atoms in total. The van der Waals surface area contributed by atoms with E-state index in [1.54, 1.807) is 6.20 Å². The summed E-state index contributed by atoms with van der Waals surface area (Å²) in [5.74, 6) is 0.703. The van der Waals surface area contributed by atoms with E-state index < -0.39 is 0 Å². The fourth-order valence-electron chi connectivity index (χ4n) is 1.04. The van der Waals surface area contributed by atoms with Crippen molar-refractivity contribution in [1.29, 1.82) is 0 Å². The molecule has 1 aromatic rings. The van der Waals surface area contributed by atoms with Gasteiger partial charge in [-0.05, 0) is 38.5 Å². The van der Waals surface area contributed by atoms with E-state index in [1.807, 2.05) is 0 Å². The zero-order valence-electron chi connectivity index (χ0n) is 6.10. The number of halogens is 2. The fraction of sp³-hybridized carbons (Fsp3) is 0.286. The van der Waals surface area contributed by atoms with E-state index in [-0.39, 0.29) is 0 Å². The molecular formula is C7H6BrIN2O. The van der Waals surface area contributed by atoms with Gasteiger partial charge in [0.1, 0.15) is 12.3 Å². The van der Waals surface area contributed by atoms with Gasteiger partial charge in [-0.25, -0.2) is 4.98 Å². The van der Waals surface area contributed by atoms with Crippen molar-refractivity contribution in [3.8, 4) is 5.88 Å². The van der Waals surface area contributed by atoms with Crippen molar-refractivity contribution < 1.29 is 4.74 Å². The zero-order chi connectivity index (χ0) is 8.55. The summed E-state index contributed by atoms with van der Waals surface area (Å²) in [5, 5.41) is 3.25. The van der Waals surface area contributed by atoms with Crippen molar-refractivity contribution in [3.63, 3.8) is 0 Å². The molecule has 2 heterocycles. The molecule has 0 saturated carbocycles. The number of anilines is 1. The number of nitrogens with zero attached hydrogens (tertiary/aromatic N) is 1. The van der Waals surface area contributed by atoms with E-state index in [0.717, 1.165) is 20.3 Å². The Hall–Kier alpha value is -0.0400. The highest BCUT2D eigenvalue weighted by atomic mass is 127. The highest BCUT2D eigenvalue weighted by molar-refractivity contribution is 14.1. The third-order valence-electron chi connectivity index (χ3n) is 1.58. The number of nitrogens with one attached hydrogen (secondary N) is 1. The van der Waals surface area contributed by atoms with Crippen LogP contribution in [-0.2, 0) is 0 Å². The lowest BCUT2D eigenvalue weighted by atomic mass is 10.3. The lowest BCUT2D eigenvalue weighted by molar-refractivity contribution is 0.310. The Morgan fingerprint density at radius 2 is 2.50 bits per heavy atom. The summed E-state index contributed by atoms with van der Waals surface area (Å²) in [4.78, 5) is 4.14. The van der Waals surface area contributed by atoms with Crippen LogP contribution < -0.4 is 10.1 Å². The standard InChI is InChI=1S/C7H6BrIN2O/c8-4-3-11-7-6(5(4)9)10-1-2-12-7/h3,10H,1-2H2. The first-order valence-electron chi connectivity index (χ1n) is 3.49. The Morgan fingerprint density at radius 3 is 3.33 bits per heavy atom. The summed E-state index contributed by atoms with van der Waals surface area (Å²) in [6.07, 6.45) is 1.76. The second-order valence-corrected chi connectivity index (χ2v) is 4.31. The largest absolute Gasteiger partial charge is 0.474 e. The van der Waals surface area contributed by atoms with Crippen molar-refractivity contribution in [2.75, 3.05) is 18.5 Å². The highest BCUT2D eigenvalue weighted by Gasteiger charge is 2.15. The van der Waals surface area contributed by atoms with Gasteiger partial charge in [-0.2, -0.15) is 0 Å². The zero-order valence-corrected chi connectivity index (χ0v) is 9.85. The van der Waals surface area contributed by atoms with Crippen molar-refractivity contribution >= 4 is 44.2 Å². The number of hydrogen-bond acceptors (Lipinski definition) is 3. The average molecular weight is 341 g/mol. The van der Waals surface area contributed by atoms with Gasteiger partial charge in [0.2, 0.25) is 5.88 Å². The van der Waals surface area contributed by atoms with Crippen LogP contribution in [0, 0.1) is 3.57 Å². The molecule has 1 aliphatic rings. The van der Waals surface area contributed by atoms with Crippen molar-refractivity contribution in [2.45, 2.75) is 0 Å². The van der Waals surface area contributed by atoms with E-state index >= 15 is 0 Å². The van der Waals surface area contributed by atoms with Gasteiger partial charge >= 0.3 is 0 Å². The van der Waals surface area contributed by atoms with Crippen LogP contribution in [0.2, 0.25) is 0 Å². The Labute approximate surface area is 92.2 Å². The van der Waals surface area contributed by atoms with E-state index in [4.69, 9.17) is 4.74 Å². The maximum atomic E-state index is 5.36. The molecule has 1 aromatic heterocycles. The number of ether oxygens (including phenoxy) is 1. The third-order valence-corrected chi connectivity index (χ3v) is 4.04. The Morgan fingerprint density at radius 1 is 1.67 bits per heavy atom. The molecule has 0 atom stereocenters. The Kier molecular flexibility index (Phi) is 2.40. The fourth-order valence-corrected chi connectivity index (χ4v) is 1.90. The van der Waals surface area contributed by atoms with Crippen LogP contribution in [0.25, 0.3) is 0 Å². The number of pyridine rings is 1. The first-order valence-corrected chi connectivity index (χ1v) is 5.37. The first kappa shape index (κ1) is 8.55. The lowest BCUT2D eigenvalue weighted by Gasteiger charge is -2.19. The second-order valence-electron chi connectivity index (χ2n) is 2.38. The molecular weight excluding hydrogens is 335 g/mol. The van der Waals surface area contributed by atoms with Gasteiger partial charge in [0, 0.05) is 12.7 Å². The molecule has 12 heavy (non-hydrogen) atoms. The van der Waals surface area contributed by atoms with Gasteiger partial charge in [-0.1, -0.05) is 0 Å². The summed E-state index contributed by atoms with van der Waals surface area (Å²) in [6.45, 7) is 1.54. The normalized spacial score (nSPS) is 14.5. The number of aromatic nitrogens is 1. The van der Waals surface area contributed by atoms with Crippen molar-refractivity contribution in [3.05, 3.63) is 14.2 Å². The van der Waals surface area contributed by atoms with E-state index in [1.165, 1.54) is 0 Å². The Bertz CT molecular complexity index is 319. The molecule has 1 aliphatic heterocycles. The van der Waals surface area contributed by atoms with Crippen LogP contribution in [0.4, 0.5) is 5.69 Å².